The van der Waals surface area contributed by atoms with Gasteiger partial charge in [-0.05, 0) is 43.5 Å². The molecular formula is C33H34N4O8S. The van der Waals surface area contributed by atoms with Crippen LogP contribution in [0.15, 0.2) is 64.4 Å². The van der Waals surface area contributed by atoms with Gasteiger partial charge in [0.15, 0.2) is 22.3 Å². The van der Waals surface area contributed by atoms with Crippen LogP contribution >= 0.6 is 11.3 Å². The standard InChI is InChI=1S/C33H34N4O8S/c1-4-37(5-2)16-8-6-15(7-9-16)20-13-46-32(36-20)35-19-11-10-17-14(3)22-25(28(41)23(17)27(19)40)30(43)33(45)18(26(22)39)12-21(38)24(29(33)42)31(34)44/h6-11,13-14,18,22,26,38-40,43,45H,4-5,12H2,1-3H3,(H2,34,44)(H,35,36)/t14-,18+,22+,26+,33+/m0/s1. The predicted octanol–water partition coefficient (Wildman–Crippen LogP) is 3.83. The van der Waals surface area contributed by atoms with E-state index in [0.717, 1.165) is 24.3 Å². The summed E-state index contributed by atoms with van der Waals surface area (Å²) in [6.45, 7) is 7.65. The van der Waals surface area contributed by atoms with E-state index in [-0.39, 0.29) is 11.3 Å². The molecule has 3 aliphatic carbocycles. The highest BCUT2D eigenvalue weighted by Crippen LogP contribution is 2.55. The van der Waals surface area contributed by atoms with Crippen LogP contribution in [0.3, 0.4) is 0 Å². The first-order valence-corrected chi connectivity index (χ1v) is 15.8. The van der Waals surface area contributed by atoms with Crippen LogP contribution < -0.4 is 16.0 Å². The minimum atomic E-state index is -2.89. The number of rotatable bonds is 7. The van der Waals surface area contributed by atoms with Crippen LogP contribution in [0.4, 0.5) is 16.5 Å². The summed E-state index contributed by atoms with van der Waals surface area (Å²) in [5.74, 6) is -9.06. The van der Waals surface area contributed by atoms with Crippen molar-refractivity contribution in [1.29, 1.82) is 0 Å². The molecule has 0 bridgehead atoms. The van der Waals surface area contributed by atoms with E-state index in [1.54, 1.807) is 19.1 Å². The molecule has 0 fully saturated rings. The van der Waals surface area contributed by atoms with Crippen LogP contribution in [-0.4, -0.2) is 72.8 Å². The number of nitrogens with one attached hydrogen (secondary N) is 1. The summed E-state index contributed by atoms with van der Waals surface area (Å²) in [4.78, 5) is 46.0. The molecule has 0 spiro atoms. The minimum absolute atomic E-state index is 0.154. The third-order valence-electron chi connectivity index (χ3n) is 9.54. The summed E-state index contributed by atoms with van der Waals surface area (Å²) in [6.07, 6.45) is -2.12. The monoisotopic (exact) mass is 646 g/mol. The first-order valence-electron chi connectivity index (χ1n) is 14.9. The Balaban J connectivity index is 1.35. The average Bonchev–Trinajstić information content (AvgIpc) is 3.49. The van der Waals surface area contributed by atoms with E-state index < -0.39 is 81.8 Å². The third-order valence-corrected chi connectivity index (χ3v) is 10.3. The van der Waals surface area contributed by atoms with Gasteiger partial charge in [-0.15, -0.1) is 11.3 Å². The van der Waals surface area contributed by atoms with Crippen LogP contribution in [-0.2, 0) is 9.59 Å². The van der Waals surface area contributed by atoms with Gasteiger partial charge in [-0.1, -0.05) is 25.1 Å². The van der Waals surface area contributed by atoms with Crippen molar-refractivity contribution < 1.29 is 39.9 Å². The zero-order valence-corrected chi connectivity index (χ0v) is 26.1. The van der Waals surface area contributed by atoms with Crippen molar-refractivity contribution in [1.82, 2.24) is 4.98 Å². The third kappa shape index (κ3) is 4.49. The van der Waals surface area contributed by atoms with E-state index in [2.05, 4.69) is 29.0 Å². The van der Waals surface area contributed by atoms with Crippen molar-refractivity contribution in [2.24, 2.45) is 17.6 Å². The van der Waals surface area contributed by atoms with Gasteiger partial charge in [0.05, 0.1) is 23.0 Å². The summed E-state index contributed by atoms with van der Waals surface area (Å²) in [7, 11) is 0. The Morgan fingerprint density at radius 3 is 2.41 bits per heavy atom. The van der Waals surface area contributed by atoms with Crippen molar-refractivity contribution in [2.45, 2.75) is 44.8 Å². The number of aromatic nitrogens is 1. The molecule has 0 radical (unpaired) electrons. The number of allylic oxidation sites excluding steroid dienone is 1. The molecule has 1 heterocycles. The number of hydrogen-bond donors (Lipinski definition) is 7. The van der Waals surface area contributed by atoms with Gasteiger partial charge in [0.1, 0.15) is 17.1 Å². The number of ketones is 2. The number of nitrogens with zero attached hydrogens (tertiary/aromatic N) is 2. The van der Waals surface area contributed by atoms with Gasteiger partial charge in [0.2, 0.25) is 5.78 Å². The zero-order valence-electron chi connectivity index (χ0n) is 25.3. The number of hydrogen-bond acceptors (Lipinski definition) is 12. The van der Waals surface area contributed by atoms with Crippen molar-refractivity contribution >= 4 is 45.3 Å². The van der Waals surface area contributed by atoms with E-state index >= 15 is 0 Å². The zero-order chi connectivity index (χ0) is 33.2. The maximum atomic E-state index is 14.0. The molecular weight excluding hydrogens is 612 g/mol. The quantitative estimate of drug-likeness (QED) is 0.145. The highest BCUT2D eigenvalue weighted by molar-refractivity contribution is 7.14. The number of nitrogens with two attached hydrogens (primary N) is 1. The largest absolute Gasteiger partial charge is 0.511 e. The fourth-order valence-electron chi connectivity index (χ4n) is 7.11. The normalized spacial score (nSPS) is 25.6. The molecule has 0 aliphatic heterocycles. The lowest BCUT2D eigenvalue weighted by Crippen LogP contribution is -2.62. The number of aromatic hydroxyl groups is 1. The second-order valence-corrected chi connectivity index (χ2v) is 12.7. The van der Waals surface area contributed by atoms with Crippen molar-refractivity contribution in [3.8, 4) is 17.0 Å². The number of benzene rings is 2. The highest BCUT2D eigenvalue weighted by atomic mass is 32.1. The molecule has 13 heteroatoms. The molecule has 3 aliphatic rings. The summed E-state index contributed by atoms with van der Waals surface area (Å²) in [5.41, 5.74) is 4.08. The van der Waals surface area contributed by atoms with E-state index in [9.17, 15) is 39.9 Å². The molecule has 0 unspecified atom stereocenters. The number of thiazole rings is 1. The van der Waals surface area contributed by atoms with Gasteiger partial charge in [0.25, 0.3) is 5.91 Å². The Hall–Kier alpha value is -4.72. The lowest BCUT2D eigenvalue weighted by atomic mass is 9.56. The number of Topliss-reactive ketones (excluding diaryl/α,β-unsaturated/α-hetero) is 2. The molecule has 2 aromatic carbocycles. The molecule has 1 aromatic heterocycles. The van der Waals surface area contributed by atoms with Gasteiger partial charge < -0.3 is 41.5 Å². The number of fused-ring (bicyclic) bond motifs is 3. The smallest absolute Gasteiger partial charge is 0.255 e. The lowest BCUT2D eigenvalue weighted by Gasteiger charge is -2.50. The van der Waals surface area contributed by atoms with Gasteiger partial charge in [-0.2, -0.15) is 0 Å². The Morgan fingerprint density at radius 2 is 1.78 bits per heavy atom. The number of anilines is 3. The van der Waals surface area contributed by atoms with Crippen LogP contribution in [0.25, 0.3) is 11.3 Å². The second-order valence-electron chi connectivity index (χ2n) is 11.8. The van der Waals surface area contributed by atoms with E-state index in [1.165, 1.54) is 11.3 Å². The number of phenolic OH excluding ortho intramolecular Hbond substituents is 1. The number of aliphatic hydroxyl groups is 4. The number of phenols is 1. The molecule has 12 nitrogen and oxygen atoms in total. The van der Waals surface area contributed by atoms with Crippen LogP contribution in [0.2, 0.25) is 0 Å². The molecule has 3 aromatic rings. The predicted molar refractivity (Wildman–Crippen MR) is 171 cm³/mol. The Labute approximate surface area is 268 Å². The molecule has 5 atom stereocenters. The van der Waals surface area contributed by atoms with Crippen molar-refractivity contribution in [3.63, 3.8) is 0 Å². The highest BCUT2D eigenvalue weighted by Gasteiger charge is 2.64. The van der Waals surface area contributed by atoms with Crippen molar-refractivity contribution in [2.75, 3.05) is 23.3 Å². The number of carbonyl (C=O) groups excluding carboxylic acids is 3. The molecule has 240 valence electrons. The van der Waals surface area contributed by atoms with E-state index in [4.69, 9.17) is 5.73 Å². The Kier molecular flexibility index (Phi) is 7.66. The van der Waals surface area contributed by atoms with E-state index in [0.29, 0.717) is 16.4 Å². The summed E-state index contributed by atoms with van der Waals surface area (Å²) in [6, 6.07) is 11.2. The topological polar surface area (TPSA) is 207 Å². The SMILES string of the molecule is CCN(CC)c1ccc(-c2csc(Nc3ccc4c(c3O)C(=O)C3=C(O)[C@]5(O)C(=O)C(C(N)=O)=C(O)C[C@@H]5[C@@H](O)[C@@H]3[C@H]4C)n2)cc1. The first-order chi connectivity index (χ1) is 21.8. The average molecular weight is 647 g/mol. The second kappa shape index (κ2) is 11.3. The molecule has 8 N–H and O–H groups in total. The maximum Gasteiger partial charge on any atom is 0.255 e. The lowest BCUT2D eigenvalue weighted by molar-refractivity contribution is -0.154. The number of carbonyl (C=O) groups is 3. The van der Waals surface area contributed by atoms with Gasteiger partial charge >= 0.3 is 0 Å². The van der Waals surface area contributed by atoms with Crippen LogP contribution in [0.1, 0.15) is 49.0 Å². The Bertz CT molecular complexity index is 1840. The number of aliphatic hydroxyl groups excluding tert-OH is 3. The minimum Gasteiger partial charge on any atom is -0.511 e. The van der Waals surface area contributed by atoms with E-state index in [1.807, 2.05) is 29.6 Å². The van der Waals surface area contributed by atoms with Crippen LogP contribution in [0, 0.1) is 11.8 Å². The molecule has 0 saturated carbocycles. The molecule has 6 rings (SSSR count). The molecule has 0 saturated heterocycles. The fraction of sp³-hybridized carbons (Fsp3) is 0.333. The van der Waals surface area contributed by atoms with Gasteiger partial charge in [-0.3, -0.25) is 14.4 Å². The molecule has 1 amide bonds. The van der Waals surface area contributed by atoms with Crippen molar-refractivity contribution in [3.05, 3.63) is 75.6 Å². The van der Waals surface area contributed by atoms with Crippen LogP contribution in [0.5, 0.6) is 5.75 Å². The fourth-order valence-corrected chi connectivity index (χ4v) is 7.84. The summed E-state index contributed by atoms with van der Waals surface area (Å²) < 4.78 is 0. The maximum absolute atomic E-state index is 14.0. The number of amides is 1. The number of primary amides is 1. The molecule has 46 heavy (non-hydrogen) atoms. The van der Waals surface area contributed by atoms with Gasteiger partial charge in [-0.25, -0.2) is 4.98 Å². The summed E-state index contributed by atoms with van der Waals surface area (Å²) in [5, 5.41) is 61.3. The van der Waals surface area contributed by atoms with Gasteiger partial charge in [0, 0.05) is 53.6 Å². The summed E-state index contributed by atoms with van der Waals surface area (Å²) >= 11 is 1.30. The Morgan fingerprint density at radius 1 is 1.11 bits per heavy atom. The first kappa shape index (κ1) is 31.3.